The van der Waals surface area contributed by atoms with Crippen LogP contribution in [-0.2, 0) is 0 Å². The van der Waals surface area contributed by atoms with Gasteiger partial charge in [0.05, 0.1) is 10.0 Å². The Bertz CT molecular complexity index is 645. The Morgan fingerprint density at radius 2 is 2.00 bits per heavy atom. The molecule has 2 aromatic rings. The van der Waals surface area contributed by atoms with Gasteiger partial charge in [0.25, 0.3) is 0 Å². The van der Waals surface area contributed by atoms with Gasteiger partial charge < -0.3 is 10.5 Å². The highest BCUT2D eigenvalue weighted by Gasteiger charge is 2.09. The van der Waals surface area contributed by atoms with Crippen molar-refractivity contribution in [1.82, 2.24) is 0 Å². The maximum Gasteiger partial charge on any atom is 0.137 e. The second-order valence-corrected chi connectivity index (χ2v) is 5.34. The molecule has 2 aromatic carbocycles. The summed E-state index contributed by atoms with van der Waals surface area (Å²) in [5.74, 6) is 0.720. The molecule has 0 heterocycles. The molecular formula is C14H11BrFNOS. The van der Waals surface area contributed by atoms with Crippen LogP contribution in [0.15, 0.2) is 40.9 Å². The van der Waals surface area contributed by atoms with Crippen molar-refractivity contribution in [3.8, 4) is 11.5 Å². The van der Waals surface area contributed by atoms with E-state index in [0.29, 0.717) is 21.5 Å². The summed E-state index contributed by atoms with van der Waals surface area (Å²) in [4.78, 5) is 0.264. The third kappa shape index (κ3) is 3.30. The summed E-state index contributed by atoms with van der Waals surface area (Å²) in [5, 5.41) is 0. The van der Waals surface area contributed by atoms with Gasteiger partial charge in [0.1, 0.15) is 22.3 Å². The van der Waals surface area contributed by atoms with Gasteiger partial charge in [-0.1, -0.05) is 23.8 Å². The molecule has 0 saturated heterocycles. The standard InChI is InChI=1S/C14H11BrFNOS/c1-8-2-5-13(10(6-8)14(17)19)18-9-3-4-12(16)11(15)7-9/h2-7H,1H3,(H2,17,19). The van der Waals surface area contributed by atoms with Crippen LogP contribution in [0.1, 0.15) is 11.1 Å². The molecule has 0 aliphatic heterocycles. The summed E-state index contributed by atoms with van der Waals surface area (Å²) in [7, 11) is 0. The van der Waals surface area contributed by atoms with Gasteiger partial charge in [-0.3, -0.25) is 0 Å². The van der Waals surface area contributed by atoms with E-state index in [1.54, 1.807) is 18.2 Å². The second-order valence-electron chi connectivity index (χ2n) is 4.04. The van der Waals surface area contributed by atoms with Gasteiger partial charge in [-0.15, -0.1) is 0 Å². The number of thiocarbonyl (C=S) groups is 1. The van der Waals surface area contributed by atoms with E-state index in [9.17, 15) is 4.39 Å². The zero-order valence-corrected chi connectivity index (χ0v) is 12.5. The van der Waals surface area contributed by atoms with Crippen molar-refractivity contribution >= 4 is 33.1 Å². The third-order valence-corrected chi connectivity index (χ3v) is 3.35. The molecular weight excluding hydrogens is 329 g/mol. The molecule has 0 bridgehead atoms. The molecule has 5 heteroatoms. The van der Waals surface area contributed by atoms with Crippen molar-refractivity contribution in [3.63, 3.8) is 0 Å². The first-order valence-electron chi connectivity index (χ1n) is 5.51. The van der Waals surface area contributed by atoms with Crippen LogP contribution < -0.4 is 10.5 Å². The molecule has 2 rings (SSSR count). The second kappa shape index (κ2) is 5.67. The molecule has 2 nitrogen and oxygen atoms in total. The number of rotatable bonds is 3. The number of hydrogen-bond acceptors (Lipinski definition) is 2. The summed E-state index contributed by atoms with van der Waals surface area (Å²) in [6.07, 6.45) is 0. The summed E-state index contributed by atoms with van der Waals surface area (Å²) in [6, 6.07) is 9.98. The molecule has 0 aliphatic rings. The topological polar surface area (TPSA) is 35.2 Å². The average molecular weight is 340 g/mol. The SMILES string of the molecule is Cc1ccc(Oc2ccc(F)c(Br)c2)c(C(N)=S)c1. The van der Waals surface area contributed by atoms with Gasteiger partial charge in [-0.2, -0.15) is 0 Å². The monoisotopic (exact) mass is 339 g/mol. The van der Waals surface area contributed by atoms with Crippen LogP contribution in [0.5, 0.6) is 11.5 Å². The predicted molar refractivity (Wildman–Crippen MR) is 81.2 cm³/mol. The molecule has 0 radical (unpaired) electrons. The van der Waals surface area contributed by atoms with Crippen LogP contribution in [-0.4, -0.2) is 4.99 Å². The van der Waals surface area contributed by atoms with Crippen molar-refractivity contribution in [2.45, 2.75) is 6.92 Å². The molecule has 0 atom stereocenters. The first-order valence-corrected chi connectivity index (χ1v) is 6.71. The maximum absolute atomic E-state index is 13.2. The van der Waals surface area contributed by atoms with E-state index in [2.05, 4.69) is 15.9 Å². The number of benzene rings is 2. The Hall–Kier alpha value is -1.46. The first-order chi connectivity index (χ1) is 8.97. The molecule has 98 valence electrons. The summed E-state index contributed by atoms with van der Waals surface area (Å²) in [6.45, 7) is 1.94. The smallest absolute Gasteiger partial charge is 0.137 e. The van der Waals surface area contributed by atoms with Crippen LogP contribution in [0.3, 0.4) is 0 Å². The van der Waals surface area contributed by atoms with Crippen molar-refractivity contribution in [3.05, 3.63) is 57.8 Å². The Labute approximate surface area is 124 Å². The van der Waals surface area contributed by atoms with Gasteiger partial charge >= 0.3 is 0 Å². The summed E-state index contributed by atoms with van der Waals surface area (Å²) >= 11 is 8.11. The number of hydrogen-bond donors (Lipinski definition) is 1. The number of nitrogens with two attached hydrogens (primary N) is 1. The van der Waals surface area contributed by atoms with Crippen LogP contribution in [0.4, 0.5) is 4.39 Å². The lowest BCUT2D eigenvalue weighted by Gasteiger charge is -2.11. The lowest BCUT2D eigenvalue weighted by atomic mass is 10.1. The molecule has 0 fully saturated rings. The highest BCUT2D eigenvalue weighted by molar-refractivity contribution is 9.10. The fourth-order valence-corrected chi connectivity index (χ4v) is 2.11. The number of halogens is 2. The maximum atomic E-state index is 13.2. The summed E-state index contributed by atoms with van der Waals surface area (Å²) < 4.78 is 19.2. The minimum Gasteiger partial charge on any atom is -0.457 e. The van der Waals surface area contributed by atoms with E-state index >= 15 is 0 Å². The molecule has 0 saturated carbocycles. The van der Waals surface area contributed by atoms with Crippen LogP contribution in [0.25, 0.3) is 0 Å². The van der Waals surface area contributed by atoms with E-state index < -0.39 is 0 Å². The van der Waals surface area contributed by atoms with Gasteiger partial charge in [0.15, 0.2) is 0 Å². The quantitative estimate of drug-likeness (QED) is 0.845. The molecule has 19 heavy (non-hydrogen) atoms. The summed E-state index contributed by atoms with van der Waals surface area (Å²) in [5.41, 5.74) is 7.37. The van der Waals surface area contributed by atoms with Crippen molar-refractivity contribution in [1.29, 1.82) is 0 Å². The largest absolute Gasteiger partial charge is 0.457 e. The minimum atomic E-state index is -0.342. The van der Waals surface area contributed by atoms with Gasteiger partial charge in [0, 0.05) is 0 Å². The third-order valence-electron chi connectivity index (χ3n) is 2.52. The van der Waals surface area contributed by atoms with E-state index in [0.717, 1.165) is 5.56 Å². The Kier molecular flexibility index (Phi) is 4.17. The molecule has 0 aliphatic carbocycles. The van der Waals surface area contributed by atoms with E-state index in [1.165, 1.54) is 6.07 Å². The van der Waals surface area contributed by atoms with Crippen molar-refractivity contribution in [2.75, 3.05) is 0 Å². The zero-order chi connectivity index (χ0) is 14.0. The average Bonchev–Trinajstić information content (AvgIpc) is 2.36. The van der Waals surface area contributed by atoms with E-state index in [1.807, 2.05) is 19.1 Å². The van der Waals surface area contributed by atoms with Crippen molar-refractivity contribution < 1.29 is 9.13 Å². The highest BCUT2D eigenvalue weighted by Crippen LogP contribution is 2.29. The highest BCUT2D eigenvalue weighted by atomic mass is 79.9. The normalized spacial score (nSPS) is 10.3. The molecule has 0 spiro atoms. The van der Waals surface area contributed by atoms with Crippen molar-refractivity contribution in [2.24, 2.45) is 5.73 Å². The lowest BCUT2D eigenvalue weighted by Crippen LogP contribution is -2.11. The Morgan fingerprint density at radius 1 is 1.26 bits per heavy atom. The lowest BCUT2D eigenvalue weighted by molar-refractivity contribution is 0.479. The first kappa shape index (κ1) is 14.0. The van der Waals surface area contributed by atoms with E-state index in [-0.39, 0.29) is 10.8 Å². The zero-order valence-electron chi connectivity index (χ0n) is 10.1. The fraction of sp³-hybridized carbons (Fsp3) is 0.0714. The van der Waals surface area contributed by atoms with Gasteiger partial charge in [-0.05, 0) is 53.2 Å². The van der Waals surface area contributed by atoms with Crippen LogP contribution in [0.2, 0.25) is 0 Å². The van der Waals surface area contributed by atoms with Gasteiger partial charge in [0.2, 0.25) is 0 Å². The number of aryl methyl sites for hydroxylation is 1. The van der Waals surface area contributed by atoms with Crippen LogP contribution >= 0.6 is 28.1 Å². The predicted octanol–water partition coefficient (Wildman–Crippen LogP) is 4.32. The van der Waals surface area contributed by atoms with E-state index in [4.69, 9.17) is 22.7 Å². The molecule has 2 N–H and O–H groups in total. The molecule has 0 amide bonds. The Morgan fingerprint density at radius 3 is 2.63 bits per heavy atom. The molecule has 0 unspecified atom stereocenters. The minimum absolute atomic E-state index is 0.264. The fourth-order valence-electron chi connectivity index (χ4n) is 1.59. The Balaban J connectivity index is 2.37. The van der Waals surface area contributed by atoms with Gasteiger partial charge in [-0.25, -0.2) is 4.39 Å². The molecule has 0 aromatic heterocycles. The van der Waals surface area contributed by atoms with Crippen LogP contribution in [0, 0.1) is 12.7 Å². The number of ether oxygens (including phenoxy) is 1.